The molecule has 18 heavy (non-hydrogen) atoms. The van der Waals surface area contributed by atoms with Crippen LogP contribution in [0.3, 0.4) is 0 Å². The molecule has 2 rings (SSSR count). The van der Waals surface area contributed by atoms with Crippen molar-refractivity contribution in [1.82, 2.24) is 10.2 Å². The molecule has 0 fully saturated rings. The molecule has 0 bridgehead atoms. The van der Waals surface area contributed by atoms with E-state index < -0.39 is 5.97 Å². The van der Waals surface area contributed by atoms with E-state index in [9.17, 15) is 9.59 Å². The van der Waals surface area contributed by atoms with Crippen LogP contribution in [-0.4, -0.2) is 29.1 Å². The molecule has 0 aromatic carbocycles. The lowest BCUT2D eigenvalue weighted by Gasteiger charge is -2.01. The lowest BCUT2D eigenvalue weighted by Crippen LogP contribution is -2.05. The van der Waals surface area contributed by atoms with Crippen molar-refractivity contribution < 1.29 is 14.3 Å². The number of aldehydes is 1. The molecular weight excluding hydrogens is 254 g/mol. The van der Waals surface area contributed by atoms with Crippen LogP contribution in [0.4, 0.5) is 5.69 Å². The van der Waals surface area contributed by atoms with Gasteiger partial charge in [-0.15, -0.1) is 21.5 Å². The number of carbonyl (C=O) groups excluding carboxylic acids is 2. The molecule has 0 saturated heterocycles. The molecule has 0 aliphatic carbocycles. The van der Waals surface area contributed by atoms with Gasteiger partial charge in [0.15, 0.2) is 6.29 Å². The first-order valence-electron chi connectivity index (χ1n) is 5.27. The SMILES string of the molecule is CCOC(=O)c1sc2nnc(C=O)c(C)c2c1N. The lowest BCUT2D eigenvalue weighted by atomic mass is 10.1. The predicted molar refractivity (Wildman–Crippen MR) is 67.9 cm³/mol. The number of anilines is 1. The van der Waals surface area contributed by atoms with Gasteiger partial charge in [-0.1, -0.05) is 0 Å². The molecular formula is C11H11N3O3S. The first kappa shape index (κ1) is 12.4. The number of hydrogen-bond acceptors (Lipinski definition) is 7. The number of fused-ring (bicyclic) bond motifs is 1. The summed E-state index contributed by atoms with van der Waals surface area (Å²) in [6.45, 7) is 3.71. The van der Waals surface area contributed by atoms with Crippen molar-refractivity contribution in [2.24, 2.45) is 0 Å². The van der Waals surface area contributed by atoms with Gasteiger partial charge < -0.3 is 10.5 Å². The van der Waals surface area contributed by atoms with E-state index in [2.05, 4.69) is 10.2 Å². The number of aromatic nitrogens is 2. The van der Waals surface area contributed by atoms with Gasteiger partial charge in [0.25, 0.3) is 0 Å². The van der Waals surface area contributed by atoms with Crippen LogP contribution in [-0.2, 0) is 4.74 Å². The van der Waals surface area contributed by atoms with Gasteiger partial charge in [-0.2, -0.15) is 0 Å². The Bertz CT molecular complexity index is 636. The van der Waals surface area contributed by atoms with Gasteiger partial charge in [-0.05, 0) is 19.4 Å². The van der Waals surface area contributed by atoms with Crippen molar-refractivity contribution in [3.05, 3.63) is 16.1 Å². The van der Waals surface area contributed by atoms with Gasteiger partial charge in [-0.25, -0.2) is 4.79 Å². The number of nitrogen functional groups attached to an aromatic ring is 1. The Morgan fingerprint density at radius 1 is 1.50 bits per heavy atom. The van der Waals surface area contributed by atoms with Crippen molar-refractivity contribution in [3.8, 4) is 0 Å². The zero-order chi connectivity index (χ0) is 13.3. The molecule has 0 spiro atoms. The number of carbonyl (C=O) groups is 2. The highest BCUT2D eigenvalue weighted by Gasteiger charge is 2.21. The third-order valence-electron chi connectivity index (χ3n) is 2.51. The largest absolute Gasteiger partial charge is 0.462 e. The molecule has 2 aromatic heterocycles. The number of rotatable bonds is 3. The summed E-state index contributed by atoms with van der Waals surface area (Å²) in [5.74, 6) is -0.481. The van der Waals surface area contributed by atoms with E-state index in [0.29, 0.717) is 32.6 Å². The quantitative estimate of drug-likeness (QED) is 0.668. The molecule has 6 nitrogen and oxygen atoms in total. The summed E-state index contributed by atoms with van der Waals surface area (Å²) in [6.07, 6.45) is 0.614. The average Bonchev–Trinajstić information content (AvgIpc) is 2.68. The predicted octanol–water partition coefficient (Wildman–Crippen LogP) is 1.57. The van der Waals surface area contributed by atoms with E-state index in [4.69, 9.17) is 10.5 Å². The monoisotopic (exact) mass is 265 g/mol. The molecule has 0 atom stereocenters. The van der Waals surface area contributed by atoms with Crippen LogP contribution in [0.1, 0.15) is 32.6 Å². The van der Waals surface area contributed by atoms with Crippen LogP contribution in [0.2, 0.25) is 0 Å². The molecule has 7 heteroatoms. The number of ether oxygens (including phenoxy) is 1. The second-order valence-electron chi connectivity index (χ2n) is 3.57. The van der Waals surface area contributed by atoms with Crippen molar-refractivity contribution in [2.45, 2.75) is 13.8 Å². The second kappa shape index (κ2) is 4.69. The molecule has 0 saturated carbocycles. The first-order chi connectivity index (χ1) is 8.60. The zero-order valence-electron chi connectivity index (χ0n) is 9.89. The molecule has 0 unspecified atom stereocenters. The zero-order valence-corrected chi connectivity index (χ0v) is 10.7. The summed E-state index contributed by atoms with van der Waals surface area (Å²) >= 11 is 1.12. The molecule has 2 heterocycles. The van der Waals surface area contributed by atoms with E-state index >= 15 is 0 Å². The molecule has 0 amide bonds. The maximum atomic E-state index is 11.7. The van der Waals surface area contributed by atoms with Gasteiger partial charge in [-0.3, -0.25) is 4.79 Å². The summed E-state index contributed by atoms with van der Waals surface area (Å²) in [5, 5.41) is 8.25. The molecule has 0 aliphatic rings. The highest BCUT2D eigenvalue weighted by molar-refractivity contribution is 7.21. The third kappa shape index (κ3) is 1.82. The van der Waals surface area contributed by atoms with E-state index in [1.807, 2.05) is 0 Å². The van der Waals surface area contributed by atoms with Crippen molar-refractivity contribution in [1.29, 1.82) is 0 Å². The number of nitrogens with zero attached hydrogens (tertiary/aromatic N) is 2. The van der Waals surface area contributed by atoms with Crippen molar-refractivity contribution in [2.75, 3.05) is 12.3 Å². The minimum Gasteiger partial charge on any atom is -0.462 e. The van der Waals surface area contributed by atoms with Crippen LogP contribution in [0.15, 0.2) is 0 Å². The standard InChI is InChI=1S/C11H11N3O3S/c1-3-17-11(16)9-8(12)7-5(2)6(4-15)13-14-10(7)18-9/h4H,3,12H2,1-2H3. The number of esters is 1. The number of hydrogen-bond donors (Lipinski definition) is 1. The molecule has 0 radical (unpaired) electrons. The fourth-order valence-electron chi connectivity index (χ4n) is 1.63. The van der Waals surface area contributed by atoms with Gasteiger partial charge in [0.1, 0.15) is 15.4 Å². The Hall–Kier alpha value is -2.02. The van der Waals surface area contributed by atoms with E-state index in [1.54, 1.807) is 13.8 Å². The van der Waals surface area contributed by atoms with Crippen LogP contribution in [0.5, 0.6) is 0 Å². The Morgan fingerprint density at radius 2 is 2.22 bits per heavy atom. The summed E-state index contributed by atoms with van der Waals surface area (Å²) < 4.78 is 4.91. The summed E-state index contributed by atoms with van der Waals surface area (Å²) in [5.41, 5.74) is 7.06. The number of nitrogens with two attached hydrogens (primary N) is 1. The van der Waals surface area contributed by atoms with Gasteiger partial charge >= 0.3 is 5.97 Å². The van der Waals surface area contributed by atoms with Gasteiger partial charge in [0.05, 0.1) is 12.3 Å². The smallest absolute Gasteiger partial charge is 0.350 e. The third-order valence-corrected chi connectivity index (χ3v) is 3.58. The fourth-order valence-corrected chi connectivity index (χ4v) is 2.62. The first-order valence-corrected chi connectivity index (χ1v) is 6.09. The van der Waals surface area contributed by atoms with E-state index in [-0.39, 0.29) is 12.3 Å². The van der Waals surface area contributed by atoms with E-state index in [1.165, 1.54) is 0 Å². The Morgan fingerprint density at radius 3 is 2.83 bits per heavy atom. The Kier molecular flexibility index (Phi) is 3.24. The molecule has 2 aromatic rings. The maximum Gasteiger partial charge on any atom is 0.350 e. The minimum atomic E-state index is -0.481. The highest BCUT2D eigenvalue weighted by atomic mass is 32.1. The summed E-state index contributed by atoms with van der Waals surface area (Å²) in [6, 6.07) is 0. The highest BCUT2D eigenvalue weighted by Crippen LogP contribution is 2.35. The van der Waals surface area contributed by atoms with Crippen molar-refractivity contribution >= 4 is 39.5 Å². The minimum absolute atomic E-state index is 0.224. The van der Waals surface area contributed by atoms with Crippen LogP contribution in [0, 0.1) is 6.92 Å². The van der Waals surface area contributed by atoms with Gasteiger partial charge in [0, 0.05) is 5.39 Å². The topological polar surface area (TPSA) is 95.2 Å². The maximum absolute atomic E-state index is 11.7. The molecule has 0 aliphatic heterocycles. The Balaban J connectivity index is 2.67. The molecule has 2 N–H and O–H groups in total. The average molecular weight is 265 g/mol. The number of thiophene rings is 1. The van der Waals surface area contributed by atoms with Crippen LogP contribution < -0.4 is 5.73 Å². The van der Waals surface area contributed by atoms with Crippen LogP contribution >= 0.6 is 11.3 Å². The Labute approximate surface area is 107 Å². The summed E-state index contributed by atoms with van der Waals surface area (Å²) in [7, 11) is 0. The second-order valence-corrected chi connectivity index (χ2v) is 4.57. The van der Waals surface area contributed by atoms with Crippen LogP contribution in [0.25, 0.3) is 10.2 Å². The molecule has 94 valence electrons. The normalized spacial score (nSPS) is 10.6. The summed E-state index contributed by atoms with van der Waals surface area (Å²) in [4.78, 5) is 23.3. The van der Waals surface area contributed by atoms with E-state index in [0.717, 1.165) is 11.3 Å². The van der Waals surface area contributed by atoms with Gasteiger partial charge in [0.2, 0.25) is 0 Å². The lowest BCUT2D eigenvalue weighted by molar-refractivity contribution is 0.0533. The van der Waals surface area contributed by atoms with Crippen molar-refractivity contribution in [3.63, 3.8) is 0 Å². The number of aryl methyl sites for hydroxylation is 1. The fraction of sp³-hybridized carbons (Fsp3) is 0.273.